The fourth-order valence-corrected chi connectivity index (χ4v) is 3.53. The standard InChI is InChI=1S/C24H24N4O4/c1-17-23-19(28(26-17)18-8-4-3-5-9-18)12-14-27(24(23)30)16-22(29)25-13-15-32-21-11-7-6-10-20(21)31-2/h3-12,14H,13,15-16H2,1-2H3,(H,25,29). The molecule has 0 spiro atoms. The van der Waals surface area contributed by atoms with Crippen molar-refractivity contribution in [3.8, 4) is 17.2 Å². The van der Waals surface area contributed by atoms with Crippen molar-refractivity contribution in [2.45, 2.75) is 13.5 Å². The molecule has 0 unspecified atom stereocenters. The number of benzene rings is 2. The Morgan fingerprint density at radius 1 is 1.03 bits per heavy atom. The van der Waals surface area contributed by atoms with Crippen LogP contribution in [0.15, 0.2) is 71.7 Å². The van der Waals surface area contributed by atoms with Gasteiger partial charge in [0.2, 0.25) is 5.91 Å². The van der Waals surface area contributed by atoms with E-state index in [1.807, 2.05) is 48.5 Å². The molecular weight excluding hydrogens is 408 g/mol. The number of nitrogens with zero attached hydrogens (tertiary/aromatic N) is 3. The van der Waals surface area contributed by atoms with Gasteiger partial charge in [-0.15, -0.1) is 0 Å². The molecule has 2 heterocycles. The maximum atomic E-state index is 13.0. The van der Waals surface area contributed by atoms with Gasteiger partial charge < -0.3 is 19.4 Å². The molecule has 8 nitrogen and oxygen atoms in total. The van der Waals surface area contributed by atoms with Gasteiger partial charge in [-0.1, -0.05) is 30.3 Å². The number of hydrogen-bond acceptors (Lipinski definition) is 5. The SMILES string of the molecule is COc1ccccc1OCCNC(=O)Cn1ccc2c(c(C)nn2-c2ccccc2)c1=O. The smallest absolute Gasteiger partial charge is 0.262 e. The molecule has 0 aliphatic carbocycles. The van der Waals surface area contributed by atoms with Gasteiger partial charge >= 0.3 is 0 Å². The lowest BCUT2D eigenvalue weighted by Gasteiger charge is -2.11. The molecule has 0 saturated carbocycles. The topological polar surface area (TPSA) is 87.4 Å². The molecule has 164 valence electrons. The number of ether oxygens (including phenoxy) is 2. The fraction of sp³-hybridized carbons (Fsp3) is 0.208. The maximum absolute atomic E-state index is 13.0. The summed E-state index contributed by atoms with van der Waals surface area (Å²) in [5.74, 6) is 0.963. The van der Waals surface area contributed by atoms with Gasteiger partial charge in [0.1, 0.15) is 13.2 Å². The molecule has 0 atom stereocenters. The highest BCUT2D eigenvalue weighted by atomic mass is 16.5. The van der Waals surface area contributed by atoms with Crippen molar-refractivity contribution in [1.29, 1.82) is 0 Å². The molecule has 0 saturated heterocycles. The highest BCUT2D eigenvalue weighted by Gasteiger charge is 2.15. The number of nitrogens with one attached hydrogen (secondary N) is 1. The number of para-hydroxylation sites is 3. The van der Waals surface area contributed by atoms with E-state index < -0.39 is 0 Å². The van der Waals surface area contributed by atoms with E-state index in [9.17, 15) is 9.59 Å². The summed E-state index contributed by atoms with van der Waals surface area (Å²) in [6, 6.07) is 18.7. The number of amides is 1. The molecule has 4 aromatic rings. The second kappa shape index (κ2) is 9.38. The van der Waals surface area contributed by atoms with Crippen LogP contribution in [0, 0.1) is 6.92 Å². The largest absolute Gasteiger partial charge is 0.493 e. The van der Waals surface area contributed by atoms with Gasteiger partial charge in [-0.2, -0.15) is 5.10 Å². The fourth-order valence-electron chi connectivity index (χ4n) is 3.53. The number of carbonyl (C=O) groups is 1. The van der Waals surface area contributed by atoms with E-state index in [4.69, 9.17) is 9.47 Å². The van der Waals surface area contributed by atoms with Crippen LogP contribution in [-0.4, -0.2) is 40.5 Å². The van der Waals surface area contributed by atoms with Crippen molar-refractivity contribution >= 4 is 16.8 Å². The lowest BCUT2D eigenvalue weighted by atomic mass is 10.2. The van der Waals surface area contributed by atoms with Gasteiger partial charge in [0, 0.05) is 6.20 Å². The molecule has 1 N–H and O–H groups in total. The molecule has 1 amide bonds. The van der Waals surface area contributed by atoms with Crippen LogP contribution in [0.5, 0.6) is 11.5 Å². The highest BCUT2D eigenvalue weighted by molar-refractivity contribution is 5.83. The molecule has 0 aliphatic heterocycles. The first kappa shape index (κ1) is 21.2. The number of aryl methyl sites for hydroxylation is 1. The monoisotopic (exact) mass is 432 g/mol. The van der Waals surface area contributed by atoms with Gasteiger partial charge in [-0.25, -0.2) is 4.68 Å². The minimum absolute atomic E-state index is 0.0839. The van der Waals surface area contributed by atoms with Crippen LogP contribution in [0.25, 0.3) is 16.6 Å². The lowest BCUT2D eigenvalue weighted by Crippen LogP contribution is -2.34. The number of methoxy groups -OCH3 is 1. The Morgan fingerprint density at radius 2 is 1.75 bits per heavy atom. The normalized spacial score (nSPS) is 10.8. The van der Waals surface area contributed by atoms with Crippen molar-refractivity contribution < 1.29 is 14.3 Å². The summed E-state index contributed by atoms with van der Waals surface area (Å²) in [4.78, 5) is 25.4. The van der Waals surface area contributed by atoms with Crippen molar-refractivity contribution in [3.63, 3.8) is 0 Å². The van der Waals surface area contributed by atoms with E-state index in [0.717, 1.165) is 5.69 Å². The van der Waals surface area contributed by atoms with Crippen LogP contribution >= 0.6 is 0 Å². The summed E-state index contributed by atoms with van der Waals surface area (Å²) in [6.07, 6.45) is 1.62. The average molecular weight is 432 g/mol. The van der Waals surface area contributed by atoms with E-state index in [2.05, 4.69) is 10.4 Å². The van der Waals surface area contributed by atoms with Gasteiger partial charge in [-0.3, -0.25) is 9.59 Å². The maximum Gasteiger partial charge on any atom is 0.262 e. The Bertz CT molecular complexity index is 1290. The van der Waals surface area contributed by atoms with E-state index in [0.29, 0.717) is 34.6 Å². The highest BCUT2D eigenvalue weighted by Crippen LogP contribution is 2.25. The van der Waals surface area contributed by atoms with Gasteiger partial charge in [0.05, 0.1) is 35.9 Å². The Morgan fingerprint density at radius 3 is 2.50 bits per heavy atom. The van der Waals surface area contributed by atoms with Gasteiger partial charge in [0.25, 0.3) is 5.56 Å². The zero-order valence-corrected chi connectivity index (χ0v) is 17.9. The predicted octanol–water partition coefficient (Wildman–Crippen LogP) is 2.70. The number of carbonyl (C=O) groups excluding carboxylic acids is 1. The molecular formula is C24H24N4O4. The number of pyridine rings is 1. The van der Waals surface area contributed by atoms with Crippen LogP contribution in [-0.2, 0) is 11.3 Å². The van der Waals surface area contributed by atoms with E-state index >= 15 is 0 Å². The summed E-state index contributed by atoms with van der Waals surface area (Å²) in [5, 5.41) is 7.80. The van der Waals surface area contributed by atoms with Crippen LogP contribution in [0.4, 0.5) is 0 Å². The molecule has 0 bridgehead atoms. The summed E-state index contributed by atoms with van der Waals surface area (Å²) in [5.41, 5.74) is 1.95. The first-order valence-electron chi connectivity index (χ1n) is 10.2. The van der Waals surface area contributed by atoms with Crippen LogP contribution in [0.1, 0.15) is 5.69 Å². The first-order valence-corrected chi connectivity index (χ1v) is 10.2. The van der Waals surface area contributed by atoms with E-state index in [1.54, 1.807) is 37.0 Å². The van der Waals surface area contributed by atoms with Crippen molar-refractivity contribution in [2.75, 3.05) is 20.3 Å². The molecule has 0 aliphatic rings. The number of fused-ring (bicyclic) bond motifs is 1. The molecule has 2 aromatic heterocycles. The Balaban J connectivity index is 1.42. The van der Waals surface area contributed by atoms with Gasteiger partial charge in [-0.05, 0) is 37.3 Å². The molecule has 4 rings (SSSR count). The number of hydrogen-bond donors (Lipinski definition) is 1. The zero-order valence-electron chi connectivity index (χ0n) is 17.9. The molecule has 8 heteroatoms. The second-order valence-electron chi connectivity index (χ2n) is 7.19. The first-order chi connectivity index (χ1) is 15.6. The Labute approximate surface area is 185 Å². The van der Waals surface area contributed by atoms with Crippen LogP contribution in [0.2, 0.25) is 0 Å². The molecule has 0 fully saturated rings. The number of aromatic nitrogens is 3. The van der Waals surface area contributed by atoms with Crippen LogP contribution < -0.4 is 20.3 Å². The lowest BCUT2D eigenvalue weighted by molar-refractivity contribution is -0.121. The molecule has 32 heavy (non-hydrogen) atoms. The summed E-state index contributed by atoms with van der Waals surface area (Å²) >= 11 is 0. The second-order valence-corrected chi connectivity index (χ2v) is 7.19. The third-order valence-corrected chi connectivity index (χ3v) is 5.05. The van der Waals surface area contributed by atoms with Crippen molar-refractivity contribution in [1.82, 2.24) is 19.7 Å². The van der Waals surface area contributed by atoms with Crippen LogP contribution in [0.3, 0.4) is 0 Å². The minimum atomic E-state index is -0.275. The third kappa shape index (κ3) is 4.34. The summed E-state index contributed by atoms with van der Waals surface area (Å²) < 4.78 is 14.0. The van der Waals surface area contributed by atoms with Crippen molar-refractivity contribution in [2.24, 2.45) is 0 Å². The minimum Gasteiger partial charge on any atom is -0.493 e. The Kier molecular flexibility index (Phi) is 6.21. The number of rotatable bonds is 8. The average Bonchev–Trinajstić information content (AvgIpc) is 3.16. The van der Waals surface area contributed by atoms with Crippen molar-refractivity contribution in [3.05, 3.63) is 82.9 Å². The summed E-state index contributed by atoms with van der Waals surface area (Å²) in [7, 11) is 1.57. The Hall–Kier alpha value is -4.07. The summed E-state index contributed by atoms with van der Waals surface area (Å²) in [6.45, 7) is 2.30. The third-order valence-electron chi connectivity index (χ3n) is 5.05. The predicted molar refractivity (Wildman–Crippen MR) is 122 cm³/mol. The quantitative estimate of drug-likeness (QED) is 0.433. The molecule has 0 radical (unpaired) electrons. The molecule has 2 aromatic carbocycles. The zero-order chi connectivity index (χ0) is 22.5. The van der Waals surface area contributed by atoms with Gasteiger partial charge in [0.15, 0.2) is 11.5 Å². The van der Waals surface area contributed by atoms with E-state index in [-0.39, 0.29) is 24.6 Å². The van der Waals surface area contributed by atoms with E-state index in [1.165, 1.54) is 4.57 Å².